The fourth-order valence-corrected chi connectivity index (χ4v) is 3.12. The Morgan fingerprint density at radius 3 is 2.83 bits per heavy atom. The van der Waals surface area contributed by atoms with Crippen LogP contribution in [0.25, 0.3) is 0 Å². The molecule has 1 aromatic rings. The summed E-state index contributed by atoms with van der Waals surface area (Å²) in [6, 6.07) is 0.540. The number of ether oxygens (including phenoxy) is 1. The van der Waals surface area contributed by atoms with Crippen LogP contribution in [-0.4, -0.2) is 41.1 Å². The Morgan fingerprint density at radius 1 is 1.28 bits per heavy atom. The van der Waals surface area contributed by atoms with Gasteiger partial charge in [-0.3, -0.25) is 0 Å². The zero-order valence-corrected chi connectivity index (χ0v) is 11.1. The van der Waals surface area contributed by atoms with Gasteiger partial charge in [-0.05, 0) is 45.2 Å². The summed E-state index contributed by atoms with van der Waals surface area (Å²) in [5.74, 6) is 2.96. The normalized spacial score (nSPS) is 25.7. The predicted molar refractivity (Wildman–Crippen MR) is 68.5 cm³/mol. The fourth-order valence-electron chi connectivity index (χ4n) is 3.12. The second-order valence-electron chi connectivity index (χ2n) is 5.44. The van der Waals surface area contributed by atoms with Crippen molar-refractivity contribution in [2.75, 3.05) is 26.3 Å². The average Bonchev–Trinajstić information content (AvgIpc) is 3.02. The number of aryl methyl sites for hydroxylation is 1. The first kappa shape index (κ1) is 12.1. The molecule has 2 aliphatic heterocycles. The first-order valence-electron chi connectivity index (χ1n) is 7.03. The predicted octanol–water partition coefficient (Wildman–Crippen LogP) is 1.09. The Balaban J connectivity index is 1.76. The van der Waals surface area contributed by atoms with E-state index in [1.807, 2.05) is 0 Å². The van der Waals surface area contributed by atoms with Crippen LogP contribution in [0.5, 0.6) is 0 Å². The van der Waals surface area contributed by atoms with E-state index >= 15 is 0 Å². The molecule has 5 heteroatoms. The standard InChI is InChI=1S/C13H22N4O/c1-10-15-16-13(8-11-2-5-14-9-11)17(10)12-3-6-18-7-4-12/h11-12,14H,2-9H2,1H3. The zero-order valence-electron chi connectivity index (χ0n) is 11.1. The van der Waals surface area contributed by atoms with Gasteiger partial charge in [-0.1, -0.05) is 0 Å². The van der Waals surface area contributed by atoms with Gasteiger partial charge in [0.2, 0.25) is 0 Å². The Bertz CT molecular complexity index is 392. The number of hydrogen-bond acceptors (Lipinski definition) is 4. The molecule has 5 nitrogen and oxygen atoms in total. The van der Waals surface area contributed by atoms with Gasteiger partial charge < -0.3 is 14.6 Å². The molecule has 18 heavy (non-hydrogen) atoms. The smallest absolute Gasteiger partial charge is 0.133 e. The molecule has 0 spiro atoms. The quantitative estimate of drug-likeness (QED) is 0.872. The lowest BCUT2D eigenvalue weighted by Crippen LogP contribution is -2.23. The lowest BCUT2D eigenvalue weighted by Gasteiger charge is -2.26. The second-order valence-corrected chi connectivity index (χ2v) is 5.44. The van der Waals surface area contributed by atoms with Gasteiger partial charge in [-0.15, -0.1) is 10.2 Å². The molecule has 0 aromatic carbocycles. The maximum absolute atomic E-state index is 5.45. The molecule has 0 aliphatic carbocycles. The van der Waals surface area contributed by atoms with E-state index in [9.17, 15) is 0 Å². The van der Waals surface area contributed by atoms with Crippen LogP contribution in [0.15, 0.2) is 0 Å². The van der Waals surface area contributed by atoms with E-state index in [1.165, 1.54) is 12.2 Å². The van der Waals surface area contributed by atoms with E-state index < -0.39 is 0 Å². The summed E-state index contributed by atoms with van der Waals surface area (Å²) in [6.07, 6.45) is 4.51. The Labute approximate surface area is 108 Å². The summed E-state index contributed by atoms with van der Waals surface area (Å²) in [5, 5.41) is 12.1. The van der Waals surface area contributed by atoms with Crippen molar-refractivity contribution in [1.82, 2.24) is 20.1 Å². The van der Waals surface area contributed by atoms with Gasteiger partial charge in [0.25, 0.3) is 0 Å². The van der Waals surface area contributed by atoms with Crippen molar-refractivity contribution >= 4 is 0 Å². The van der Waals surface area contributed by atoms with Gasteiger partial charge in [0.1, 0.15) is 11.6 Å². The number of hydrogen-bond donors (Lipinski definition) is 1. The summed E-state index contributed by atoms with van der Waals surface area (Å²) in [5.41, 5.74) is 0. The largest absolute Gasteiger partial charge is 0.381 e. The van der Waals surface area contributed by atoms with Gasteiger partial charge >= 0.3 is 0 Å². The fraction of sp³-hybridized carbons (Fsp3) is 0.846. The number of rotatable bonds is 3. The zero-order chi connectivity index (χ0) is 12.4. The second kappa shape index (κ2) is 5.36. The average molecular weight is 250 g/mol. The van der Waals surface area contributed by atoms with Crippen molar-refractivity contribution in [2.45, 2.75) is 38.6 Å². The summed E-state index contributed by atoms with van der Waals surface area (Å²) in [7, 11) is 0. The summed E-state index contributed by atoms with van der Waals surface area (Å²) < 4.78 is 7.81. The highest BCUT2D eigenvalue weighted by molar-refractivity contribution is 5.00. The van der Waals surface area contributed by atoms with Gasteiger partial charge in [0, 0.05) is 25.7 Å². The molecular weight excluding hydrogens is 228 g/mol. The lowest BCUT2D eigenvalue weighted by molar-refractivity contribution is 0.0681. The van der Waals surface area contributed by atoms with Gasteiger partial charge in [-0.25, -0.2) is 0 Å². The summed E-state index contributed by atoms with van der Waals surface area (Å²) >= 11 is 0. The van der Waals surface area contributed by atoms with Crippen LogP contribution in [0.3, 0.4) is 0 Å². The third-order valence-electron chi connectivity index (χ3n) is 4.13. The van der Waals surface area contributed by atoms with E-state index in [0.29, 0.717) is 6.04 Å². The number of nitrogens with one attached hydrogen (secondary N) is 1. The molecule has 3 rings (SSSR count). The van der Waals surface area contributed by atoms with Crippen LogP contribution in [0, 0.1) is 12.8 Å². The third kappa shape index (κ3) is 2.42. The van der Waals surface area contributed by atoms with Crippen LogP contribution in [0.1, 0.15) is 37.0 Å². The third-order valence-corrected chi connectivity index (χ3v) is 4.13. The summed E-state index contributed by atoms with van der Waals surface area (Å²) in [4.78, 5) is 0. The van der Waals surface area contributed by atoms with Crippen LogP contribution in [0.4, 0.5) is 0 Å². The van der Waals surface area contributed by atoms with E-state index in [0.717, 1.165) is 57.3 Å². The highest BCUT2D eigenvalue weighted by Gasteiger charge is 2.24. The Morgan fingerprint density at radius 2 is 2.11 bits per heavy atom. The molecule has 1 atom stereocenters. The number of nitrogens with zero attached hydrogens (tertiary/aromatic N) is 3. The van der Waals surface area contributed by atoms with E-state index in [-0.39, 0.29) is 0 Å². The highest BCUT2D eigenvalue weighted by atomic mass is 16.5. The minimum Gasteiger partial charge on any atom is -0.381 e. The van der Waals surface area contributed by atoms with Crippen molar-refractivity contribution in [1.29, 1.82) is 0 Å². The summed E-state index contributed by atoms with van der Waals surface area (Å²) in [6.45, 7) is 6.08. The monoisotopic (exact) mass is 250 g/mol. The molecule has 1 N–H and O–H groups in total. The molecule has 0 bridgehead atoms. The van der Waals surface area contributed by atoms with E-state index in [4.69, 9.17) is 4.74 Å². The molecule has 2 aliphatic rings. The maximum Gasteiger partial charge on any atom is 0.133 e. The molecule has 2 fully saturated rings. The molecule has 0 radical (unpaired) electrons. The highest BCUT2D eigenvalue weighted by Crippen LogP contribution is 2.25. The minimum absolute atomic E-state index is 0.540. The van der Waals surface area contributed by atoms with Crippen molar-refractivity contribution in [3.63, 3.8) is 0 Å². The number of aromatic nitrogens is 3. The lowest BCUT2D eigenvalue weighted by atomic mass is 10.0. The topological polar surface area (TPSA) is 52.0 Å². The van der Waals surface area contributed by atoms with Crippen molar-refractivity contribution in [2.24, 2.45) is 5.92 Å². The maximum atomic E-state index is 5.45. The van der Waals surface area contributed by atoms with E-state index in [1.54, 1.807) is 0 Å². The molecule has 0 saturated carbocycles. The SMILES string of the molecule is Cc1nnc(CC2CCNC2)n1C1CCOCC1. The Kier molecular flexibility index (Phi) is 3.61. The van der Waals surface area contributed by atoms with Crippen LogP contribution >= 0.6 is 0 Å². The van der Waals surface area contributed by atoms with E-state index in [2.05, 4.69) is 27.0 Å². The van der Waals surface area contributed by atoms with Gasteiger partial charge in [-0.2, -0.15) is 0 Å². The van der Waals surface area contributed by atoms with Crippen molar-refractivity contribution < 1.29 is 4.74 Å². The molecule has 100 valence electrons. The van der Waals surface area contributed by atoms with Crippen LogP contribution in [-0.2, 0) is 11.2 Å². The minimum atomic E-state index is 0.540. The molecule has 3 heterocycles. The molecule has 0 amide bonds. The van der Waals surface area contributed by atoms with Crippen molar-refractivity contribution in [3.05, 3.63) is 11.6 Å². The van der Waals surface area contributed by atoms with Gasteiger partial charge in [0.15, 0.2) is 0 Å². The molecular formula is C13H22N4O. The van der Waals surface area contributed by atoms with Gasteiger partial charge in [0.05, 0.1) is 0 Å². The Hall–Kier alpha value is -0.940. The first-order valence-corrected chi connectivity index (χ1v) is 7.03. The molecule has 1 unspecified atom stereocenters. The van der Waals surface area contributed by atoms with Crippen LogP contribution < -0.4 is 5.32 Å². The molecule has 2 saturated heterocycles. The first-order chi connectivity index (χ1) is 8.84. The van der Waals surface area contributed by atoms with Crippen molar-refractivity contribution in [3.8, 4) is 0 Å². The van der Waals surface area contributed by atoms with Crippen LogP contribution in [0.2, 0.25) is 0 Å². The molecule has 1 aromatic heterocycles.